The Morgan fingerprint density at radius 1 is 1.50 bits per heavy atom. The van der Waals surface area contributed by atoms with Crippen LogP contribution in [-0.2, 0) is 7.05 Å². The van der Waals surface area contributed by atoms with Gasteiger partial charge in [0.1, 0.15) is 0 Å². The lowest BCUT2D eigenvalue weighted by atomic mass is 9.84. The van der Waals surface area contributed by atoms with Gasteiger partial charge in [-0.15, -0.1) is 0 Å². The molecular weight excluding hydrogens is 174 g/mol. The van der Waals surface area contributed by atoms with Crippen molar-refractivity contribution in [2.75, 3.05) is 13.1 Å². The van der Waals surface area contributed by atoms with E-state index in [2.05, 4.69) is 28.8 Å². The lowest BCUT2D eigenvalue weighted by Gasteiger charge is -2.28. The average Bonchev–Trinajstić information content (AvgIpc) is 2.65. The monoisotopic (exact) mass is 193 g/mol. The van der Waals surface area contributed by atoms with Crippen LogP contribution in [0.15, 0.2) is 12.5 Å². The van der Waals surface area contributed by atoms with E-state index in [0.717, 1.165) is 5.92 Å². The Labute approximate surface area is 85.5 Å². The molecule has 0 saturated carbocycles. The Hall–Kier alpha value is -0.830. The van der Waals surface area contributed by atoms with E-state index in [9.17, 15) is 0 Å². The van der Waals surface area contributed by atoms with Crippen molar-refractivity contribution in [3.8, 4) is 0 Å². The van der Waals surface area contributed by atoms with Crippen LogP contribution in [-0.4, -0.2) is 22.6 Å². The normalized spacial score (nSPS) is 21.0. The Balaban J connectivity index is 2.07. The van der Waals surface area contributed by atoms with Gasteiger partial charge in [-0.2, -0.15) is 0 Å². The van der Waals surface area contributed by atoms with Gasteiger partial charge in [-0.25, -0.2) is 4.98 Å². The predicted molar refractivity (Wildman–Crippen MR) is 57.2 cm³/mol. The molecule has 0 aromatic carbocycles. The average molecular weight is 193 g/mol. The molecule has 1 N–H and O–H groups in total. The highest BCUT2D eigenvalue weighted by Gasteiger charge is 2.22. The Bertz CT molecular complexity index is 286. The van der Waals surface area contributed by atoms with Gasteiger partial charge in [0.05, 0.1) is 6.33 Å². The zero-order valence-corrected chi connectivity index (χ0v) is 9.03. The standard InChI is InChI=1S/C11H19N3/c1-9(10-3-5-12-6-4-10)11-7-13-8-14(11)2/h7-10,12H,3-6H2,1-2H3. The number of hydrogen-bond donors (Lipinski definition) is 1. The molecule has 1 unspecified atom stereocenters. The van der Waals surface area contributed by atoms with Gasteiger partial charge < -0.3 is 9.88 Å². The first-order valence-electron chi connectivity index (χ1n) is 5.46. The van der Waals surface area contributed by atoms with Crippen LogP contribution in [0.1, 0.15) is 31.4 Å². The molecule has 0 aliphatic carbocycles. The van der Waals surface area contributed by atoms with Crippen LogP contribution in [0.4, 0.5) is 0 Å². The fraction of sp³-hybridized carbons (Fsp3) is 0.727. The fourth-order valence-corrected chi connectivity index (χ4v) is 2.39. The van der Waals surface area contributed by atoms with E-state index in [0.29, 0.717) is 5.92 Å². The molecule has 0 radical (unpaired) electrons. The Kier molecular flexibility index (Phi) is 2.87. The third-order valence-electron chi connectivity index (χ3n) is 3.41. The molecule has 1 aliphatic heterocycles. The van der Waals surface area contributed by atoms with Crippen molar-refractivity contribution in [2.45, 2.75) is 25.7 Å². The fourth-order valence-electron chi connectivity index (χ4n) is 2.39. The zero-order chi connectivity index (χ0) is 9.97. The van der Waals surface area contributed by atoms with Crippen LogP contribution >= 0.6 is 0 Å². The van der Waals surface area contributed by atoms with Crippen molar-refractivity contribution in [2.24, 2.45) is 13.0 Å². The molecule has 1 aromatic rings. The smallest absolute Gasteiger partial charge is 0.0945 e. The van der Waals surface area contributed by atoms with Gasteiger partial charge >= 0.3 is 0 Å². The molecule has 2 rings (SSSR count). The van der Waals surface area contributed by atoms with Gasteiger partial charge in [0.25, 0.3) is 0 Å². The van der Waals surface area contributed by atoms with Gasteiger partial charge in [-0.1, -0.05) is 6.92 Å². The number of aryl methyl sites for hydroxylation is 1. The van der Waals surface area contributed by atoms with Crippen molar-refractivity contribution in [1.82, 2.24) is 14.9 Å². The summed E-state index contributed by atoms with van der Waals surface area (Å²) in [5.41, 5.74) is 1.37. The highest BCUT2D eigenvalue weighted by molar-refractivity contribution is 5.06. The van der Waals surface area contributed by atoms with Gasteiger partial charge in [-0.05, 0) is 31.8 Å². The molecule has 1 atom stereocenters. The van der Waals surface area contributed by atoms with Crippen molar-refractivity contribution in [3.63, 3.8) is 0 Å². The number of nitrogens with one attached hydrogen (secondary N) is 1. The zero-order valence-electron chi connectivity index (χ0n) is 9.03. The van der Waals surface area contributed by atoms with E-state index in [1.54, 1.807) is 0 Å². The van der Waals surface area contributed by atoms with E-state index in [1.165, 1.54) is 31.6 Å². The topological polar surface area (TPSA) is 29.9 Å². The van der Waals surface area contributed by atoms with E-state index >= 15 is 0 Å². The maximum Gasteiger partial charge on any atom is 0.0945 e. The van der Waals surface area contributed by atoms with Gasteiger partial charge in [0.2, 0.25) is 0 Å². The molecule has 1 aromatic heterocycles. The van der Waals surface area contributed by atoms with Gasteiger partial charge in [-0.3, -0.25) is 0 Å². The molecular formula is C11H19N3. The largest absolute Gasteiger partial charge is 0.337 e. The molecule has 3 nitrogen and oxygen atoms in total. The van der Waals surface area contributed by atoms with Crippen molar-refractivity contribution in [1.29, 1.82) is 0 Å². The lowest BCUT2D eigenvalue weighted by molar-refractivity contribution is 0.323. The summed E-state index contributed by atoms with van der Waals surface area (Å²) in [6.45, 7) is 4.67. The maximum absolute atomic E-state index is 4.18. The maximum atomic E-state index is 4.18. The summed E-state index contributed by atoms with van der Waals surface area (Å²) in [6.07, 6.45) is 6.50. The first-order chi connectivity index (χ1) is 6.79. The molecule has 1 fully saturated rings. The molecule has 3 heteroatoms. The highest BCUT2D eigenvalue weighted by Crippen LogP contribution is 2.29. The molecule has 0 spiro atoms. The summed E-state index contributed by atoms with van der Waals surface area (Å²) in [5.74, 6) is 1.47. The lowest BCUT2D eigenvalue weighted by Crippen LogP contribution is -2.30. The molecule has 78 valence electrons. The van der Waals surface area contributed by atoms with E-state index in [-0.39, 0.29) is 0 Å². The van der Waals surface area contributed by atoms with E-state index in [4.69, 9.17) is 0 Å². The minimum atomic E-state index is 0.643. The summed E-state index contributed by atoms with van der Waals surface area (Å²) in [5, 5.41) is 3.41. The van der Waals surface area contributed by atoms with Gasteiger partial charge in [0, 0.05) is 24.9 Å². The van der Waals surface area contributed by atoms with Crippen LogP contribution in [0.2, 0.25) is 0 Å². The number of rotatable bonds is 2. The third-order valence-corrected chi connectivity index (χ3v) is 3.41. The van der Waals surface area contributed by atoms with Crippen molar-refractivity contribution in [3.05, 3.63) is 18.2 Å². The summed E-state index contributed by atoms with van der Waals surface area (Å²) < 4.78 is 2.15. The first-order valence-corrected chi connectivity index (χ1v) is 5.46. The summed E-state index contributed by atoms with van der Waals surface area (Å²) in [7, 11) is 2.08. The minimum absolute atomic E-state index is 0.643. The summed E-state index contributed by atoms with van der Waals surface area (Å²) >= 11 is 0. The van der Waals surface area contributed by atoms with Crippen molar-refractivity contribution >= 4 is 0 Å². The quantitative estimate of drug-likeness (QED) is 0.772. The van der Waals surface area contributed by atoms with Crippen molar-refractivity contribution < 1.29 is 0 Å². The second-order valence-electron chi connectivity index (χ2n) is 4.31. The molecule has 1 saturated heterocycles. The highest BCUT2D eigenvalue weighted by atomic mass is 15.0. The predicted octanol–water partition coefficient (Wildman–Crippen LogP) is 1.52. The van der Waals surface area contributed by atoms with Crippen LogP contribution in [0.25, 0.3) is 0 Å². The second-order valence-corrected chi connectivity index (χ2v) is 4.31. The number of aromatic nitrogens is 2. The van der Waals surface area contributed by atoms with Crippen LogP contribution in [0.3, 0.4) is 0 Å². The molecule has 1 aliphatic rings. The number of imidazole rings is 1. The number of nitrogens with zero attached hydrogens (tertiary/aromatic N) is 2. The minimum Gasteiger partial charge on any atom is -0.337 e. The Morgan fingerprint density at radius 2 is 2.21 bits per heavy atom. The van der Waals surface area contributed by atoms with E-state index in [1.807, 2.05) is 12.5 Å². The molecule has 14 heavy (non-hydrogen) atoms. The third kappa shape index (κ3) is 1.82. The number of piperidine rings is 1. The van der Waals surface area contributed by atoms with Gasteiger partial charge in [0.15, 0.2) is 0 Å². The number of hydrogen-bond acceptors (Lipinski definition) is 2. The summed E-state index contributed by atoms with van der Waals surface area (Å²) in [4.78, 5) is 4.18. The Morgan fingerprint density at radius 3 is 2.79 bits per heavy atom. The van der Waals surface area contributed by atoms with E-state index < -0.39 is 0 Å². The molecule has 2 heterocycles. The molecule has 0 bridgehead atoms. The van der Waals surface area contributed by atoms with Crippen LogP contribution in [0.5, 0.6) is 0 Å². The van der Waals surface area contributed by atoms with Crippen LogP contribution in [0, 0.1) is 5.92 Å². The van der Waals surface area contributed by atoms with Crippen LogP contribution < -0.4 is 5.32 Å². The second kappa shape index (κ2) is 4.13. The SMILES string of the molecule is CC(c1cncn1C)C1CCNCC1. The first kappa shape index (κ1) is 9.71. The summed E-state index contributed by atoms with van der Waals surface area (Å²) in [6, 6.07) is 0. The molecule has 0 amide bonds.